The van der Waals surface area contributed by atoms with Gasteiger partial charge in [0.25, 0.3) is 0 Å². The molecular formula is C13H23N3. The van der Waals surface area contributed by atoms with Gasteiger partial charge in [0.2, 0.25) is 0 Å². The molecule has 0 bridgehead atoms. The Balaban J connectivity index is 2.04. The molecule has 1 heterocycles. The Morgan fingerprint density at radius 1 is 1.38 bits per heavy atom. The minimum atomic E-state index is 0.635. The van der Waals surface area contributed by atoms with Crippen molar-refractivity contribution in [2.24, 2.45) is 0 Å². The van der Waals surface area contributed by atoms with Gasteiger partial charge in [0, 0.05) is 18.8 Å². The Bertz CT molecular complexity index is 272. The Hall–Kier alpha value is -0.930. The van der Waals surface area contributed by atoms with Gasteiger partial charge in [-0.25, -0.2) is 0 Å². The average molecular weight is 221 g/mol. The molecule has 1 aromatic rings. The van der Waals surface area contributed by atoms with E-state index in [1.165, 1.54) is 6.42 Å². The van der Waals surface area contributed by atoms with Gasteiger partial charge in [-0.3, -0.25) is 4.98 Å². The first-order valence-corrected chi connectivity index (χ1v) is 6.01. The summed E-state index contributed by atoms with van der Waals surface area (Å²) in [4.78, 5) is 6.63. The molecule has 0 saturated carbocycles. The van der Waals surface area contributed by atoms with E-state index in [9.17, 15) is 0 Å². The standard InChI is InChI=1S/C13H23N3/c1-12(2)16(3)10-6-8-14-11-13-7-4-5-9-15-13/h4-5,7,9,12,14H,6,8,10-11H2,1-3H3. The van der Waals surface area contributed by atoms with Crippen LogP contribution in [0, 0.1) is 0 Å². The summed E-state index contributed by atoms with van der Waals surface area (Å²) in [5.41, 5.74) is 1.11. The molecule has 0 atom stereocenters. The average Bonchev–Trinajstić information content (AvgIpc) is 2.29. The zero-order valence-electron chi connectivity index (χ0n) is 10.6. The number of aromatic nitrogens is 1. The van der Waals surface area contributed by atoms with E-state index in [0.29, 0.717) is 6.04 Å². The molecule has 90 valence electrons. The predicted molar refractivity (Wildman–Crippen MR) is 68.3 cm³/mol. The number of hydrogen-bond donors (Lipinski definition) is 1. The smallest absolute Gasteiger partial charge is 0.0541 e. The lowest BCUT2D eigenvalue weighted by molar-refractivity contribution is 0.269. The van der Waals surface area contributed by atoms with Gasteiger partial charge in [-0.05, 0) is 52.5 Å². The minimum absolute atomic E-state index is 0.635. The second-order valence-corrected chi connectivity index (χ2v) is 4.43. The molecule has 3 nitrogen and oxygen atoms in total. The van der Waals surface area contributed by atoms with Crippen molar-refractivity contribution in [2.45, 2.75) is 32.9 Å². The van der Waals surface area contributed by atoms with Gasteiger partial charge in [-0.1, -0.05) is 6.07 Å². The second kappa shape index (κ2) is 7.36. The normalized spacial score (nSPS) is 11.3. The molecule has 0 spiro atoms. The summed E-state index contributed by atoms with van der Waals surface area (Å²) in [5, 5.41) is 3.41. The fraction of sp³-hybridized carbons (Fsp3) is 0.615. The topological polar surface area (TPSA) is 28.2 Å². The fourth-order valence-electron chi connectivity index (χ4n) is 1.43. The largest absolute Gasteiger partial charge is 0.311 e. The SMILES string of the molecule is CC(C)N(C)CCCNCc1ccccn1. The maximum Gasteiger partial charge on any atom is 0.0541 e. The Morgan fingerprint density at radius 3 is 2.81 bits per heavy atom. The van der Waals surface area contributed by atoms with Crippen LogP contribution in [0.1, 0.15) is 26.0 Å². The summed E-state index contributed by atoms with van der Waals surface area (Å²) in [7, 11) is 2.17. The van der Waals surface area contributed by atoms with Gasteiger partial charge in [0.1, 0.15) is 0 Å². The molecule has 0 unspecified atom stereocenters. The van der Waals surface area contributed by atoms with Crippen LogP contribution < -0.4 is 5.32 Å². The molecule has 0 aliphatic heterocycles. The van der Waals surface area contributed by atoms with Crippen LogP contribution in [0.5, 0.6) is 0 Å². The molecule has 0 fully saturated rings. The summed E-state index contributed by atoms with van der Waals surface area (Å²) in [6, 6.07) is 6.65. The van der Waals surface area contributed by atoms with Crippen LogP contribution in [0.2, 0.25) is 0 Å². The third kappa shape index (κ3) is 5.24. The molecule has 1 aromatic heterocycles. The molecule has 0 aliphatic rings. The van der Waals surface area contributed by atoms with E-state index in [4.69, 9.17) is 0 Å². The highest BCUT2D eigenvalue weighted by Gasteiger charge is 2.01. The van der Waals surface area contributed by atoms with Crippen molar-refractivity contribution in [2.75, 3.05) is 20.1 Å². The molecule has 16 heavy (non-hydrogen) atoms. The van der Waals surface area contributed by atoms with Crippen LogP contribution in [-0.2, 0) is 6.54 Å². The highest BCUT2D eigenvalue weighted by Crippen LogP contribution is 1.95. The molecule has 1 N–H and O–H groups in total. The zero-order valence-corrected chi connectivity index (χ0v) is 10.6. The molecular weight excluding hydrogens is 198 g/mol. The van der Waals surface area contributed by atoms with Crippen LogP contribution in [0.25, 0.3) is 0 Å². The third-order valence-electron chi connectivity index (χ3n) is 2.78. The summed E-state index contributed by atoms with van der Waals surface area (Å²) in [6.07, 6.45) is 3.02. The number of hydrogen-bond acceptors (Lipinski definition) is 3. The van der Waals surface area contributed by atoms with E-state index >= 15 is 0 Å². The lowest BCUT2D eigenvalue weighted by atomic mass is 10.3. The lowest BCUT2D eigenvalue weighted by Crippen LogP contribution is -2.29. The van der Waals surface area contributed by atoms with E-state index < -0.39 is 0 Å². The molecule has 0 aromatic carbocycles. The summed E-state index contributed by atoms with van der Waals surface area (Å²) < 4.78 is 0. The molecule has 0 saturated heterocycles. The lowest BCUT2D eigenvalue weighted by Gasteiger charge is -2.20. The van der Waals surface area contributed by atoms with Gasteiger partial charge in [-0.15, -0.1) is 0 Å². The highest BCUT2D eigenvalue weighted by atomic mass is 15.1. The number of rotatable bonds is 7. The van der Waals surface area contributed by atoms with Crippen molar-refractivity contribution in [3.05, 3.63) is 30.1 Å². The first-order chi connectivity index (χ1) is 7.70. The van der Waals surface area contributed by atoms with Gasteiger partial charge >= 0.3 is 0 Å². The number of pyridine rings is 1. The van der Waals surface area contributed by atoms with Crippen LogP contribution in [0.4, 0.5) is 0 Å². The van der Waals surface area contributed by atoms with Crippen molar-refractivity contribution in [1.82, 2.24) is 15.2 Å². The van der Waals surface area contributed by atoms with E-state index in [-0.39, 0.29) is 0 Å². The van der Waals surface area contributed by atoms with Crippen LogP contribution in [0.3, 0.4) is 0 Å². The molecule has 0 amide bonds. The number of nitrogens with zero attached hydrogens (tertiary/aromatic N) is 2. The van der Waals surface area contributed by atoms with E-state index in [1.54, 1.807) is 0 Å². The Labute approximate surface area is 98.9 Å². The number of nitrogens with one attached hydrogen (secondary N) is 1. The fourth-order valence-corrected chi connectivity index (χ4v) is 1.43. The Morgan fingerprint density at radius 2 is 2.19 bits per heavy atom. The van der Waals surface area contributed by atoms with Crippen molar-refractivity contribution in [1.29, 1.82) is 0 Å². The molecule has 0 aliphatic carbocycles. The maximum absolute atomic E-state index is 4.27. The summed E-state index contributed by atoms with van der Waals surface area (Å²) in [5.74, 6) is 0. The Kier molecular flexibility index (Phi) is 6.04. The van der Waals surface area contributed by atoms with E-state index in [2.05, 4.69) is 36.1 Å². The van der Waals surface area contributed by atoms with Crippen LogP contribution in [0.15, 0.2) is 24.4 Å². The van der Waals surface area contributed by atoms with Crippen molar-refractivity contribution >= 4 is 0 Å². The summed E-state index contributed by atoms with van der Waals surface area (Å²) in [6.45, 7) is 7.51. The van der Waals surface area contributed by atoms with Crippen molar-refractivity contribution < 1.29 is 0 Å². The van der Waals surface area contributed by atoms with Crippen LogP contribution in [-0.4, -0.2) is 36.1 Å². The first kappa shape index (κ1) is 13.1. The monoisotopic (exact) mass is 221 g/mol. The van der Waals surface area contributed by atoms with Gasteiger partial charge < -0.3 is 10.2 Å². The van der Waals surface area contributed by atoms with Gasteiger partial charge in [-0.2, -0.15) is 0 Å². The minimum Gasteiger partial charge on any atom is -0.311 e. The van der Waals surface area contributed by atoms with Gasteiger partial charge in [0.15, 0.2) is 0 Å². The van der Waals surface area contributed by atoms with E-state index in [0.717, 1.165) is 25.3 Å². The highest BCUT2D eigenvalue weighted by molar-refractivity contribution is 5.02. The van der Waals surface area contributed by atoms with Gasteiger partial charge in [0.05, 0.1) is 5.69 Å². The summed E-state index contributed by atoms with van der Waals surface area (Å²) >= 11 is 0. The second-order valence-electron chi connectivity index (χ2n) is 4.43. The van der Waals surface area contributed by atoms with Crippen LogP contribution >= 0.6 is 0 Å². The molecule has 1 rings (SSSR count). The first-order valence-electron chi connectivity index (χ1n) is 6.01. The molecule has 3 heteroatoms. The van der Waals surface area contributed by atoms with E-state index in [1.807, 2.05) is 24.4 Å². The quantitative estimate of drug-likeness (QED) is 0.713. The third-order valence-corrected chi connectivity index (χ3v) is 2.78. The maximum atomic E-state index is 4.27. The van der Waals surface area contributed by atoms with Crippen molar-refractivity contribution in [3.63, 3.8) is 0 Å². The zero-order chi connectivity index (χ0) is 11.8. The van der Waals surface area contributed by atoms with Crippen molar-refractivity contribution in [3.8, 4) is 0 Å². The molecule has 0 radical (unpaired) electrons. The predicted octanol–water partition coefficient (Wildman–Crippen LogP) is 1.90.